The van der Waals surface area contributed by atoms with Crippen LogP contribution in [0, 0.1) is 0 Å². The van der Waals surface area contributed by atoms with Crippen LogP contribution in [0.2, 0.25) is 0 Å². The summed E-state index contributed by atoms with van der Waals surface area (Å²) in [6, 6.07) is 18.2. The van der Waals surface area contributed by atoms with Crippen LogP contribution in [0.1, 0.15) is 0 Å². The van der Waals surface area contributed by atoms with Gasteiger partial charge in [0.2, 0.25) is 0 Å². The van der Waals surface area contributed by atoms with Gasteiger partial charge >= 0.3 is 0 Å². The molecule has 3 nitrogen and oxygen atoms in total. The molecule has 3 aromatic rings. The Morgan fingerprint density at radius 2 is 1.76 bits per heavy atom. The molecular weight excluding hydrogens is 280 g/mol. The second-order valence-electron chi connectivity index (χ2n) is 4.54. The molecule has 1 aromatic heterocycles. The van der Waals surface area contributed by atoms with Crippen molar-refractivity contribution in [3.8, 4) is 27.6 Å². The van der Waals surface area contributed by atoms with Gasteiger partial charge in [0.1, 0.15) is 21.5 Å². The summed E-state index contributed by atoms with van der Waals surface area (Å²) in [6.07, 6.45) is 0. The highest BCUT2D eigenvalue weighted by atomic mass is 32.1. The number of thiazole rings is 1. The fourth-order valence-corrected chi connectivity index (χ4v) is 3.10. The molecule has 0 amide bonds. The number of methoxy groups -OCH3 is 1. The Balaban J connectivity index is 2.07. The maximum atomic E-state index is 5.29. The molecular formula is C17H16N2OS. The van der Waals surface area contributed by atoms with Crippen molar-refractivity contribution in [1.29, 1.82) is 0 Å². The summed E-state index contributed by atoms with van der Waals surface area (Å²) < 4.78 is 5.29. The molecule has 21 heavy (non-hydrogen) atoms. The van der Waals surface area contributed by atoms with E-state index < -0.39 is 0 Å². The molecule has 0 unspecified atom stereocenters. The second kappa shape index (κ2) is 5.97. The van der Waals surface area contributed by atoms with E-state index in [0.717, 1.165) is 32.6 Å². The summed E-state index contributed by atoms with van der Waals surface area (Å²) in [7, 11) is 3.60. The average molecular weight is 296 g/mol. The third-order valence-electron chi connectivity index (χ3n) is 3.22. The lowest BCUT2D eigenvalue weighted by atomic mass is 10.1. The third-order valence-corrected chi connectivity index (χ3v) is 4.34. The van der Waals surface area contributed by atoms with Crippen LogP contribution in [-0.2, 0) is 0 Å². The van der Waals surface area contributed by atoms with Crippen molar-refractivity contribution in [2.75, 3.05) is 19.5 Å². The number of benzene rings is 2. The van der Waals surface area contributed by atoms with E-state index in [4.69, 9.17) is 9.72 Å². The third kappa shape index (κ3) is 2.76. The highest BCUT2D eigenvalue weighted by Crippen LogP contribution is 2.38. The first-order valence-corrected chi connectivity index (χ1v) is 7.52. The molecule has 0 spiro atoms. The first-order chi connectivity index (χ1) is 10.3. The predicted molar refractivity (Wildman–Crippen MR) is 89.1 cm³/mol. The van der Waals surface area contributed by atoms with Crippen molar-refractivity contribution >= 4 is 16.3 Å². The van der Waals surface area contributed by atoms with E-state index in [1.165, 1.54) is 0 Å². The van der Waals surface area contributed by atoms with Gasteiger partial charge in [0.25, 0.3) is 0 Å². The van der Waals surface area contributed by atoms with E-state index in [2.05, 4.69) is 23.5 Å². The van der Waals surface area contributed by atoms with E-state index in [9.17, 15) is 0 Å². The van der Waals surface area contributed by atoms with E-state index in [1.807, 2.05) is 43.4 Å². The van der Waals surface area contributed by atoms with E-state index in [0.29, 0.717) is 0 Å². The van der Waals surface area contributed by atoms with Gasteiger partial charge in [-0.25, -0.2) is 4.98 Å². The number of nitrogens with zero attached hydrogens (tertiary/aromatic N) is 1. The fourth-order valence-electron chi connectivity index (χ4n) is 2.16. The smallest absolute Gasteiger partial charge is 0.126 e. The lowest BCUT2D eigenvalue weighted by molar-refractivity contribution is 0.415. The number of anilines is 1. The van der Waals surface area contributed by atoms with Crippen molar-refractivity contribution < 1.29 is 4.74 Å². The molecule has 1 heterocycles. The number of hydrogen-bond donors (Lipinski definition) is 1. The standard InChI is InChI=1S/C17H16N2OS/c1-18-17-15(12-7-4-3-5-8-12)19-16(21-17)13-9-6-10-14(11-13)20-2/h3-11,18H,1-2H3. The summed E-state index contributed by atoms with van der Waals surface area (Å²) in [5.74, 6) is 0.843. The number of nitrogens with one attached hydrogen (secondary N) is 1. The SMILES string of the molecule is CNc1sc(-c2cccc(OC)c2)nc1-c1ccccc1. The Morgan fingerprint density at radius 3 is 2.48 bits per heavy atom. The highest BCUT2D eigenvalue weighted by molar-refractivity contribution is 7.19. The molecule has 0 saturated carbocycles. The number of ether oxygens (including phenoxy) is 1. The zero-order valence-electron chi connectivity index (χ0n) is 12.0. The molecule has 0 atom stereocenters. The van der Waals surface area contributed by atoms with E-state index in [1.54, 1.807) is 18.4 Å². The van der Waals surface area contributed by atoms with Crippen LogP contribution in [0.5, 0.6) is 5.75 Å². The lowest BCUT2D eigenvalue weighted by Gasteiger charge is -2.01. The molecule has 0 aliphatic heterocycles. The van der Waals surface area contributed by atoms with Gasteiger partial charge in [-0.15, -0.1) is 0 Å². The molecule has 106 valence electrons. The highest BCUT2D eigenvalue weighted by Gasteiger charge is 2.13. The lowest BCUT2D eigenvalue weighted by Crippen LogP contribution is -1.87. The largest absolute Gasteiger partial charge is 0.497 e. The van der Waals surface area contributed by atoms with Gasteiger partial charge in [0.05, 0.1) is 7.11 Å². The second-order valence-corrected chi connectivity index (χ2v) is 5.54. The minimum absolute atomic E-state index is 0.843. The van der Waals surface area contributed by atoms with Gasteiger partial charge in [0, 0.05) is 18.2 Å². The molecule has 0 aliphatic carbocycles. The van der Waals surface area contributed by atoms with Crippen LogP contribution in [0.3, 0.4) is 0 Å². The van der Waals surface area contributed by atoms with Crippen LogP contribution < -0.4 is 10.1 Å². The first-order valence-electron chi connectivity index (χ1n) is 6.70. The van der Waals surface area contributed by atoms with Crippen LogP contribution >= 0.6 is 11.3 Å². The van der Waals surface area contributed by atoms with Gasteiger partial charge in [0.15, 0.2) is 0 Å². The maximum Gasteiger partial charge on any atom is 0.126 e. The van der Waals surface area contributed by atoms with Crippen LogP contribution in [-0.4, -0.2) is 19.1 Å². The Kier molecular flexibility index (Phi) is 3.88. The van der Waals surface area contributed by atoms with E-state index >= 15 is 0 Å². The minimum Gasteiger partial charge on any atom is -0.497 e. The molecule has 0 fully saturated rings. The molecule has 0 radical (unpaired) electrons. The van der Waals surface area contributed by atoms with Crippen molar-refractivity contribution in [1.82, 2.24) is 4.98 Å². The summed E-state index contributed by atoms with van der Waals surface area (Å²) >= 11 is 1.65. The van der Waals surface area contributed by atoms with Gasteiger partial charge in [-0.2, -0.15) is 0 Å². The Labute approximate surface area is 128 Å². The zero-order chi connectivity index (χ0) is 14.7. The van der Waals surface area contributed by atoms with Crippen LogP contribution in [0.25, 0.3) is 21.8 Å². The van der Waals surface area contributed by atoms with Gasteiger partial charge in [-0.05, 0) is 12.1 Å². The Morgan fingerprint density at radius 1 is 1.00 bits per heavy atom. The van der Waals surface area contributed by atoms with Crippen molar-refractivity contribution in [2.24, 2.45) is 0 Å². The van der Waals surface area contributed by atoms with Crippen LogP contribution in [0.4, 0.5) is 5.00 Å². The fraction of sp³-hybridized carbons (Fsp3) is 0.118. The van der Waals surface area contributed by atoms with Gasteiger partial charge < -0.3 is 10.1 Å². The molecule has 1 N–H and O–H groups in total. The molecule has 2 aromatic carbocycles. The minimum atomic E-state index is 0.843. The van der Waals surface area contributed by atoms with E-state index in [-0.39, 0.29) is 0 Å². The summed E-state index contributed by atoms with van der Waals surface area (Å²) in [5, 5.41) is 5.29. The summed E-state index contributed by atoms with van der Waals surface area (Å²) in [4.78, 5) is 4.80. The number of rotatable bonds is 4. The summed E-state index contributed by atoms with van der Waals surface area (Å²) in [5.41, 5.74) is 3.17. The number of hydrogen-bond acceptors (Lipinski definition) is 4. The van der Waals surface area contributed by atoms with Gasteiger partial charge in [-0.3, -0.25) is 0 Å². The maximum absolute atomic E-state index is 5.29. The quantitative estimate of drug-likeness (QED) is 0.768. The average Bonchev–Trinajstić information content (AvgIpc) is 3.00. The monoisotopic (exact) mass is 296 g/mol. The molecule has 0 bridgehead atoms. The Bertz CT molecular complexity index is 738. The topological polar surface area (TPSA) is 34.1 Å². The van der Waals surface area contributed by atoms with Crippen LogP contribution in [0.15, 0.2) is 54.6 Å². The van der Waals surface area contributed by atoms with Crippen molar-refractivity contribution in [2.45, 2.75) is 0 Å². The Hall–Kier alpha value is -2.33. The number of aromatic nitrogens is 1. The molecule has 0 saturated heterocycles. The summed E-state index contributed by atoms with van der Waals surface area (Å²) in [6.45, 7) is 0. The van der Waals surface area contributed by atoms with Crippen molar-refractivity contribution in [3.05, 3.63) is 54.6 Å². The predicted octanol–water partition coefficient (Wildman–Crippen LogP) is 4.53. The molecule has 4 heteroatoms. The normalized spacial score (nSPS) is 10.4. The first kappa shape index (κ1) is 13.6. The molecule has 0 aliphatic rings. The molecule has 3 rings (SSSR count). The van der Waals surface area contributed by atoms with Gasteiger partial charge in [-0.1, -0.05) is 53.8 Å². The zero-order valence-corrected chi connectivity index (χ0v) is 12.8. The van der Waals surface area contributed by atoms with Crippen molar-refractivity contribution in [3.63, 3.8) is 0 Å².